The third kappa shape index (κ3) is 3.00. The minimum atomic E-state index is -0.0605. The van der Waals surface area contributed by atoms with Crippen molar-refractivity contribution >= 4 is 22.9 Å². The smallest absolute Gasteiger partial charge is 0.119 e. The summed E-state index contributed by atoms with van der Waals surface area (Å²) in [6.07, 6.45) is 0.761. The van der Waals surface area contributed by atoms with Gasteiger partial charge in [-0.25, -0.2) is 0 Å². The van der Waals surface area contributed by atoms with Gasteiger partial charge in [0.05, 0.1) is 12.1 Å². The number of hydrogen-bond donors (Lipinski definition) is 1. The molecule has 1 aromatic heterocycles. The van der Waals surface area contributed by atoms with E-state index in [1.165, 1.54) is 0 Å². The van der Waals surface area contributed by atoms with E-state index in [1.54, 1.807) is 18.4 Å². The van der Waals surface area contributed by atoms with Gasteiger partial charge in [0.1, 0.15) is 5.75 Å². The van der Waals surface area contributed by atoms with Crippen molar-refractivity contribution in [3.63, 3.8) is 0 Å². The molecule has 2 rings (SSSR count). The first-order valence-corrected chi connectivity index (χ1v) is 6.58. The lowest BCUT2D eigenvalue weighted by Crippen LogP contribution is -2.12. The summed E-state index contributed by atoms with van der Waals surface area (Å²) in [6, 6.07) is 9.76. The largest absolute Gasteiger partial charge is 0.497 e. The quantitative estimate of drug-likeness (QED) is 0.918. The Kier molecular flexibility index (Phi) is 4.05. The van der Waals surface area contributed by atoms with Crippen LogP contribution in [0, 0.1) is 0 Å². The van der Waals surface area contributed by atoms with E-state index in [4.69, 9.17) is 22.1 Å². The van der Waals surface area contributed by atoms with Crippen molar-refractivity contribution in [2.75, 3.05) is 7.11 Å². The average Bonchev–Trinajstić information content (AvgIpc) is 2.76. The molecule has 4 heteroatoms. The molecular weight excluding hydrogens is 254 g/mol. The van der Waals surface area contributed by atoms with Crippen molar-refractivity contribution in [3.05, 3.63) is 51.2 Å². The maximum Gasteiger partial charge on any atom is 0.119 e. The fraction of sp³-hybridized carbons (Fsp3) is 0.231. The van der Waals surface area contributed by atoms with Gasteiger partial charge in [-0.1, -0.05) is 23.7 Å². The Balaban J connectivity index is 2.13. The van der Waals surface area contributed by atoms with E-state index < -0.39 is 0 Å². The number of methoxy groups -OCH3 is 1. The van der Waals surface area contributed by atoms with E-state index >= 15 is 0 Å². The van der Waals surface area contributed by atoms with Crippen molar-refractivity contribution < 1.29 is 4.74 Å². The van der Waals surface area contributed by atoms with Crippen molar-refractivity contribution in [3.8, 4) is 5.75 Å². The zero-order valence-corrected chi connectivity index (χ0v) is 11.1. The summed E-state index contributed by atoms with van der Waals surface area (Å²) in [5.41, 5.74) is 7.30. The van der Waals surface area contributed by atoms with Gasteiger partial charge in [0.15, 0.2) is 0 Å². The molecule has 2 aromatic rings. The van der Waals surface area contributed by atoms with Gasteiger partial charge in [-0.3, -0.25) is 0 Å². The molecule has 0 saturated heterocycles. The molecule has 1 atom stereocenters. The Hall–Kier alpha value is -1.03. The van der Waals surface area contributed by atoms with Crippen LogP contribution in [0.15, 0.2) is 35.7 Å². The van der Waals surface area contributed by atoms with Gasteiger partial charge in [0, 0.05) is 10.9 Å². The van der Waals surface area contributed by atoms with Gasteiger partial charge in [-0.15, -0.1) is 11.3 Å². The molecule has 1 heterocycles. The lowest BCUT2D eigenvalue weighted by Gasteiger charge is -2.11. The summed E-state index contributed by atoms with van der Waals surface area (Å²) >= 11 is 7.66. The van der Waals surface area contributed by atoms with Crippen molar-refractivity contribution in [1.82, 2.24) is 0 Å². The molecule has 0 amide bonds. The van der Waals surface area contributed by atoms with E-state index in [0.717, 1.165) is 27.6 Å². The lowest BCUT2D eigenvalue weighted by atomic mass is 10.1. The first-order valence-electron chi connectivity index (χ1n) is 5.32. The molecule has 2 N–H and O–H groups in total. The highest BCUT2D eigenvalue weighted by molar-refractivity contribution is 7.10. The molecular formula is C13H14ClNOS. The highest BCUT2D eigenvalue weighted by atomic mass is 35.5. The number of rotatable bonds is 4. The number of ether oxygens (including phenoxy) is 1. The Morgan fingerprint density at radius 3 is 2.88 bits per heavy atom. The fourth-order valence-electron chi connectivity index (χ4n) is 1.72. The summed E-state index contributed by atoms with van der Waals surface area (Å²) < 4.78 is 5.19. The number of nitrogens with two attached hydrogens (primary N) is 1. The Morgan fingerprint density at radius 2 is 2.24 bits per heavy atom. The molecule has 0 saturated carbocycles. The average molecular weight is 268 g/mol. The highest BCUT2D eigenvalue weighted by Gasteiger charge is 2.12. The fourth-order valence-corrected chi connectivity index (χ4v) is 2.92. The molecule has 0 radical (unpaired) electrons. The maximum absolute atomic E-state index is 6.15. The van der Waals surface area contributed by atoms with Gasteiger partial charge in [-0.05, 0) is 35.6 Å². The summed E-state index contributed by atoms with van der Waals surface area (Å²) in [7, 11) is 1.66. The standard InChI is InChI=1S/C13H14ClNOS/c1-16-10-4-2-3-9(7-10)8-12(15)13-11(14)5-6-17-13/h2-7,12H,8,15H2,1H3. The second-order valence-electron chi connectivity index (χ2n) is 3.79. The van der Waals surface area contributed by atoms with Crippen LogP contribution in [0.4, 0.5) is 0 Å². The molecule has 0 spiro atoms. The molecule has 0 aliphatic rings. The Labute approximate surface area is 110 Å². The van der Waals surface area contributed by atoms with Gasteiger partial charge >= 0.3 is 0 Å². The second kappa shape index (κ2) is 5.54. The summed E-state index contributed by atoms with van der Waals surface area (Å²) in [5, 5.41) is 2.72. The molecule has 1 unspecified atom stereocenters. The first kappa shape index (κ1) is 12.4. The summed E-state index contributed by atoms with van der Waals surface area (Å²) in [5.74, 6) is 0.854. The van der Waals surface area contributed by atoms with E-state index in [1.807, 2.05) is 35.7 Å². The molecule has 2 nitrogen and oxygen atoms in total. The van der Waals surface area contributed by atoms with Crippen molar-refractivity contribution in [2.45, 2.75) is 12.5 Å². The molecule has 90 valence electrons. The van der Waals surface area contributed by atoms with Gasteiger partial charge in [-0.2, -0.15) is 0 Å². The second-order valence-corrected chi connectivity index (χ2v) is 5.15. The molecule has 17 heavy (non-hydrogen) atoms. The number of halogens is 1. The van der Waals surface area contributed by atoms with Crippen LogP contribution >= 0.6 is 22.9 Å². The lowest BCUT2D eigenvalue weighted by molar-refractivity contribution is 0.414. The monoisotopic (exact) mass is 267 g/mol. The first-order chi connectivity index (χ1) is 8.20. The number of thiophene rings is 1. The van der Waals surface area contributed by atoms with Crippen LogP contribution in [-0.2, 0) is 6.42 Å². The predicted octanol–water partition coefficient (Wildman–Crippen LogP) is 3.65. The van der Waals surface area contributed by atoms with Gasteiger partial charge in [0.25, 0.3) is 0 Å². The van der Waals surface area contributed by atoms with E-state index in [9.17, 15) is 0 Å². The zero-order chi connectivity index (χ0) is 12.3. The molecule has 0 aliphatic heterocycles. The summed E-state index contributed by atoms with van der Waals surface area (Å²) in [6.45, 7) is 0. The van der Waals surface area contributed by atoms with Crippen molar-refractivity contribution in [1.29, 1.82) is 0 Å². The van der Waals surface area contributed by atoms with Crippen LogP contribution in [0.25, 0.3) is 0 Å². The minimum absolute atomic E-state index is 0.0605. The van der Waals surface area contributed by atoms with Crippen LogP contribution in [-0.4, -0.2) is 7.11 Å². The van der Waals surface area contributed by atoms with Crippen molar-refractivity contribution in [2.24, 2.45) is 5.73 Å². The van der Waals surface area contributed by atoms with Crippen LogP contribution in [0.2, 0.25) is 5.02 Å². The third-order valence-corrected chi connectivity index (χ3v) is 4.06. The molecule has 0 fully saturated rings. The van der Waals surface area contributed by atoms with Crippen LogP contribution in [0.3, 0.4) is 0 Å². The highest BCUT2D eigenvalue weighted by Crippen LogP contribution is 2.29. The third-order valence-electron chi connectivity index (χ3n) is 2.57. The predicted molar refractivity (Wildman–Crippen MR) is 73.0 cm³/mol. The Morgan fingerprint density at radius 1 is 1.41 bits per heavy atom. The maximum atomic E-state index is 6.15. The van der Waals surface area contributed by atoms with Crippen LogP contribution < -0.4 is 10.5 Å². The van der Waals surface area contributed by atoms with Crippen LogP contribution in [0.1, 0.15) is 16.5 Å². The summed E-state index contributed by atoms with van der Waals surface area (Å²) in [4.78, 5) is 1.04. The van der Waals surface area contributed by atoms with Gasteiger partial charge in [0.2, 0.25) is 0 Å². The molecule has 0 bridgehead atoms. The topological polar surface area (TPSA) is 35.2 Å². The minimum Gasteiger partial charge on any atom is -0.497 e. The molecule has 1 aromatic carbocycles. The van der Waals surface area contributed by atoms with Gasteiger partial charge < -0.3 is 10.5 Å². The zero-order valence-electron chi connectivity index (χ0n) is 9.52. The number of hydrogen-bond acceptors (Lipinski definition) is 3. The van der Waals surface area contributed by atoms with E-state index in [-0.39, 0.29) is 6.04 Å². The Bertz CT molecular complexity index is 498. The number of benzene rings is 1. The molecule has 0 aliphatic carbocycles. The van der Waals surface area contributed by atoms with E-state index in [0.29, 0.717) is 0 Å². The van der Waals surface area contributed by atoms with Crippen LogP contribution in [0.5, 0.6) is 5.75 Å². The normalized spacial score (nSPS) is 12.4. The van der Waals surface area contributed by atoms with E-state index in [2.05, 4.69) is 0 Å². The SMILES string of the molecule is COc1cccc(CC(N)c2sccc2Cl)c1.